The number of allylic oxidation sites excluding steroid dienone is 1. The van der Waals surface area contributed by atoms with Crippen LogP contribution in [0.4, 0.5) is 0 Å². The first-order chi connectivity index (χ1) is 9.24. The Hall–Kier alpha value is -2.35. The van der Waals surface area contributed by atoms with Crippen LogP contribution in [0.5, 0.6) is 5.75 Å². The van der Waals surface area contributed by atoms with E-state index in [0.717, 1.165) is 12.0 Å². The van der Waals surface area contributed by atoms with Crippen molar-refractivity contribution < 1.29 is 9.53 Å². The van der Waals surface area contributed by atoms with E-state index in [1.165, 1.54) is 12.5 Å². The highest BCUT2D eigenvalue weighted by Gasteiger charge is 1.96. The molecule has 0 spiro atoms. The van der Waals surface area contributed by atoms with Gasteiger partial charge in [0.05, 0.1) is 0 Å². The number of benzene rings is 2. The fourth-order valence-electron chi connectivity index (χ4n) is 1.76. The molecule has 0 amide bonds. The quantitative estimate of drug-likeness (QED) is 0.610. The smallest absolute Gasteiger partial charge is 0.308 e. The van der Waals surface area contributed by atoms with Gasteiger partial charge in [-0.3, -0.25) is 4.79 Å². The zero-order valence-corrected chi connectivity index (χ0v) is 10.9. The van der Waals surface area contributed by atoms with Gasteiger partial charge in [0.25, 0.3) is 0 Å². The highest BCUT2D eigenvalue weighted by Crippen LogP contribution is 2.13. The monoisotopic (exact) mass is 252 g/mol. The average molecular weight is 252 g/mol. The molecule has 2 aromatic carbocycles. The van der Waals surface area contributed by atoms with Gasteiger partial charge in [0.2, 0.25) is 0 Å². The summed E-state index contributed by atoms with van der Waals surface area (Å²) in [5, 5.41) is 0. The second kappa shape index (κ2) is 6.55. The summed E-state index contributed by atoms with van der Waals surface area (Å²) in [5.74, 6) is 0.278. The summed E-state index contributed by atoms with van der Waals surface area (Å²) in [5.41, 5.74) is 2.38. The zero-order chi connectivity index (χ0) is 13.5. The molecule has 0 saturated heterocycles. The Labute approximate surface area is 113 Å². The van der Waals surface area contributed by atoms with Gasteiger partial charge in [0, 0.05) is 6.92 Å². The molecule has 0 saturated carbocycles. The third-order valence-electron chi connectivity index (χ3n) is 2.65. The summed E-state index contributed by atoms with van der Waals surface area (Å²) in [7, 11) is 0. The summed E-state index contributed by atoms with van der Waals surface area (Å²) in [4.78, 5) is 10.8. The van der Waals surface area contributed by atoms with Crippen molar-refractivity contribution in [3.8, 4) is 5.75 Å². The van der Waals surface area contributed by atoms with Gasteiger partial charge in [-0.2, -0.15) is 0 Å². The van der Waals surface area contributed by atoms with Gasteiger partial charge in [-0.05, 0) is 29.7 Å². The molecule has 0 aromatic heterocycles. The van der Waals surface area contributed by atoms with E-state index in [9.17, 15) is 4.79 Å². The van der Waals surface area contributed by atoms with Crippen molar-refractivity contribution in [2.24, 2.45) is 0 Å². The molecule has 2 aromatic rings. The van der Waals surface area contributed by atoms with E-state index in [1.807, 2.05) is 30.3 Å². The standard InChI is InChI=1S/C17H16O2/c1-14(18)19-17-12-10-16(11-13-17)9-5-8-15-6-3-2-4-7-15/h2-7,9-13H,8H2,1H3/b9-5-. The minimum Gasteiger partial charge on any atom is -0.427 e. The van der Waals surface area contributed by atoms with Crippen molar-refractivity contribution in [1.82, 2.24) is 0 Å². The van der Waals surface area contributed by atoms with E-state index >= 15 is 0 Å². The van der Waals surface area contributed by atoms with Gasteiger partial charge < -0.3 is 4.74 Å². The Bertz CT molecular complexity index is 554. The number of esters is 1. The van der Waals surface area contributed by atoms with Crippen LogP contribution in [-0.4, -0.2) is 5.97 Å². The van der Waals surface area contributed by atoms with Crippen molar-refractivity contribution in [2.45, 2.75) is 13.3 Å². The molecular formula is C17H16O2. The molecule has 0 aliphatic carbocycles. The van der Waals surface area contributed by atoms with Crippen LogP contribution in [-0.2, 0) is 11.2 Å². The third kappa shape index (κ3) is 4.43. The van der Waals surface area contributed by atoms with Crippen LogP contribution in [0.25, 0.3) is 6.08 Å². The van der Waals surface area contributed by atoms with Gasteiger partial charge in [-0.1, -0.05) is 54.6 Å². The van der Waals surface area contributed by atoms with Crippen LogP contribution in [0, 0.1) is 0 Å². The summed E-state index contributed by atoms with van der Waals surface area (Å²) in [6.07, 6.45) is 5.09. The average Bonchev–Trinajstić information content (AvgIpc) is 2.41. The molecule has 0 heterocycles. The van der Waals surface area contributed by atoms with Crippen molar-refractivity contribution in [1.29, 1.82) is 0 Å². The lowest BCUT2D eigenvalue weighted by Gasteiger charge is -2.01. The first-order valence-corrected chi connectivity index (χ1v) is 6.23. The van der Waals surface area contributed by atoms with Crippen LogP contribution in [0.1, 0.15) is 18.1 Å². The number of hydrogen-bond acceptors (Lipinski definition) is 2. The number of ether oxygens (including phenoxy) is 1. The fourth-order valence-corrected chi connectivity index (χ4v) is 1.76. The Morgan fingerprint density at radius 1 is 1.05 bits per heavy atom. The molecular weight excluding hydrogens is 236 g/mol. The maximum absolute atomic E-state index is 10.8. The highest BCUT2D eigenvalue weighted by molar-refractivity contribution is 5.69. The van der Waals surface area contributed by atoms with E-state index in [-0.39, 0.29) is 5.97 Å². The molecule has 19 heavy (non-hydrogen) atoms. The van der Waals surface area contributed by atoms with Gasteiger partial charge in [0.15, 0.2) is 0 Å². The Kier molecular flexibility index (Phi) is 4.51. The largest absolute Gasteiger partial charge is 0.427 e. The number of carbonyl (C=O) groups excluding carboxylic acids is 1. The molecule has 0 atom stereocenters. The van der Waals surface area contributed by atoms with E-state index < -0.39 is 0 Å². The lowest BCUT2D eigenvalue weighted by atomic mass is 10.1. The molecule has 2 nitrogen and oxygen atoms in total. The van der Waals surface area contributed by atoms with Gasteiger partial charge in [-0.15, -0.1) is 0 Å². The summed E-state index contributed by atoms with van der Waals surface area (Å²) < 4.78 is 4.98. The van der Waals surface area contributed by atoms with Crippen LogP contribution < -0.4 is 4.74 Å². The maximum atomic E-state index is 10.8. The predicted octanol–water partition coefficient (Wildman–Crippen LogP) is 3.87. The van der Waals surface area contributed by atoms with Crippen molar-refractivity contribution in [2.75, 3.05) is 0 Å². The van der Waals surface area contributed by atoms with Gasteiger partial charge in [-0.25, -0.2) is 0 Å². The molecule has 0 fully saturated rings. The molecule has 0 aliphatic rings. The second-order valence-corrected chi connectivity index (χ2v) is 4.25. The molecule has 0 aliphatic heterocycles. The molecule has 2 heteroatoms. The summed E-state index contributed by atoms with van der Waals surface area (Å²) in [6, 6.07) is 17.8. The minimum absolute atomic E-state index is 0.299. The van der Waals surface area contributed by atoms with Crippen molar-refractivity contribution in [3.05, 3.63) is 71.8 Å². The van der Waals surface area contributed by atoms with Crippen molar-refractivity contribution in [3.63, 3.8) is 0 Å². The van der Waals surface area contributed by atoms with Crippen LogP contribution in [0.3, 0.4) is 0 Å². The SMILES string of the molecule is CC(=O)Oc1ccc(/C=C\Cc2ccccc2)cc1. The number of hydrogen-bond donors (Lipinski definition) is 0. The molecule has 0 bridgehead atoms. The molecule has 2 rings (SSSR count). The molecule has 0 N–H and O–H groups in total. The van der Waals surface area contributed by atoms with E-state index in [0.29, 0.717) is 5.75 Å². The molecule has 0 unspecified atom stereocenters. The number of rotatable bonds is 4. The van der Waals surface area contributed by atoms with Crippen molar-refractivity contribution >= 4 is 12.0 Å². The topological polar surface area (TPSA) is 26.3 Å². The van der Waals surface area contributed by atoms with E-state index in [4.69, 9.17) is 4.74 Å². The third-order valence-corrected chi connectivity index (χ3v) is 2.65. The fraction of sp³-hybridized carbons (Fsp3) is 0.118. The van der Waals surface area contributed by atoms with Crippen LogP contribution >= 0.6 is 0 Å². The highest BCUT2D eigenvalue weighted by atomic mass is 16.5. The predicted molar refractivity (Wildman–Crippen MR) is 76.9 cm³/mol. The minimum atomic E-state index is -0.299. The maximum Gasteiger partial charge on any atom is 0.308 e. The first kappa shape index (κ1) is 13.1. The van der Waals surface area contributed by atoms with E-state index in [2.05, 4.69) is 24.3 Å². The Morgan fingerprint density at radius 2 is 1.74 bits per heavy atom. The van der Waals surface area contributed by atoms with Crippen LogP contribution in [0.2, 0.25) is 0 Å². The lowest BCUT2D eigenvalue weighted by Crippen LogP contribution is -2.00. The lowest BCUT2D eigenvalue weighted by molar-refractivity contribution is -0.131. The Balaban J connectivity index is 1.94. The Morgan fingerprint density at radius 3 is 2.37 bits per heavy atom. The second-order valence-electron chi connectivity index (χ2n) is 4.25. The first-order valence-electron chi connectivity index (χ1n) is 6.23. The molecule has 96 valence electrons. The molecule has 0 radical (unpaired) electrons. The van der Waals surface area contributed by atoms with Gasteiger partial charge >= 0.3 is 5.97 Å². The van der Waals surface area contributed by atoms with Crippen LogP contribution in [0.15, 0.2) is 60.7 Å². The zero-order valence-electron chi connectivity index (χ0n) is 10.9. The number of carbonyl (C=O) groups is 1. The summed E-state index contributed by atoms with van der Waals surface area (Å²) >= 11 is 0. The van der Waals surface area contributed by atoms with E-state index in [1.54, 1.807) is 12.1 Å². The normalized spacial score (nSPS) is 10.6. The summed E-state index contributed by atoms with van der Waals surface area (Å²) in [6.45, 7) is 1.40. The van der Waals surface area contributed by atoms with Gasteiger partial charge in [0.1, 0.15) is 5.75 Å².